The lowest BCUT2D eigenvalue weighted by molar-refractivity contribution is -0.119. The molecular formula is C15H21N3O. The molecule has 4 heteroatoms. The Bertz CT molecular complexity index is 474. The van der Waals surface area contributed by atoms with E-state index in [4.69, 9.17) is 0 Å². The summed E-state index contributed by atoms with van der Waals surface area (Å²) in [6, 6.07) is 8.89. The second kappa shape index (κ2) is 5.11. The number of hydrogen-bond acceptors (Lipinski definition) is 3. The standard InChI is InChI=1S/C15H21N3O/c1-12(19)16-18-11-13-7-3-2-6-10-17(13)14-8-4-5-9-15(14)18/h4-5,8-9,13H,2-3,6-7,10-11H2,1H3,(H,16,19). The minimum atomic E-state index is -0.00289. The highest BCUT2D eigenvalue weighted by molar-refractivity contribution is 5.80. The zero-order chi connectivity index (χ0) is 13.2. The lowest BCUT2D eigenvalue weighted by Crippen LogP contribution is -2.54. The van der Waals surface area contributed by atoms with Crippen LogP contribution in [0.1, 0.15) is 32.6 Å². The van der Waals surface area contributed by atoms with E-state index in [0.29, 0.717) is 6.04 Å². The summed E-state index contributed by atoms with van der Waals surface area (Å²) in [5, 5.41) is 2.02. The fraction of sp³-hybridized carbons (Fsp3) is 0.533. The second-order valence-electron chi connectivity index (χ2n) is 5.46. The molecule has 0 radical (unpaired) electrons. The first-order valence-corrected chi connectivity index (χ1v) is 7.16. The van der Waals surface area contributed by atoms with Gasteiger partial charge in [-0.1, -0.05) is 25.0 Å². The second-order valence-corrected chi connectivity index (χ2v) is 5.46. The van der Waals surface area contributed by atoms with Crippen molar-refractivity contribution in [1.29, 1.82) is 0 Å². The van der Waals surface area contributed by atoms with Crippen LogP contribution in [0.4, 0.5) is 11.4 Å². The molecule has 1 aromatic rings. The van der Waals surface area contributed by atoms with Gasteiger partial charge in [0, 0.05) is 19.5 Å². The molecule has 2 aliphatic rings. The molecule has 1 atom stereocenters. The van der Waals surface area contributed by atoms with Crippen LogP contribution in [-0.2, 0) is 4.79 Å². The summed E-state index contributed by atoms with van der Waals surface area (Å²) in [4.78, 5) is 13.9. The molecule has 0 bridgehead atoms. The smallest absolute Gasteiger partial charge is 0.235 e. The predicted molar refractivity (Wildman–Crippen MR) is 77.2 cm³/mol. The minimum Gasteiger partial charge on any atom is -0.365 e. The van der Waals surface area contributed by atoms with Gasteiger partial charge in [0.25, 0.3) is 0 Å². The van der Waals surface area contributed by atoms with Crippen LogP contribution in [0.25, 0.3) is 0 Å². The van der Waals surface area contributed by atoms with Crippen molar-refractivity contribution in [3.8, 4) is 0 Å². The van der Waals surface area contributed by atoms with E-state index in [1.807, 2.05) is 11.1 Å². The van der Waals surface area contributed by atoms with Crippen molar-refractivity contribution in [1.82, 2.24) is 5.43 Å². The van der Waals surface area contributed by atoms with Crippen LogP contribution in [0.3, 0.4) is 0 Å². The Hall–Kier alpha value is -1.71. The summed E-state index contributed by atoms with van der Waals surface area (Å²) in [5.74, 6) is -0.00289. The summed E-state index contributed by atoms with van der Waals surface area (Å²) in [6.45, 7) is 3.59. The third kappa shape index (κ3) is 2.39. The highest BCUT2D eigenvalue weighted by Gasteiger charge is 2.31. The molecule has 2 heterocycles. The molecule has 1 N–H and O–H groups in total. The fourth-order valence-corrected chi connectivity index (χ4v) is 3.22. The van der Waals surface area contributed by atoms with Crippen molar-refractivity contribution < 1.29 is 4.79 Å². The van der Waals surface area contributed by atoms with Gasteiger partial charge in [-0.15, -0.1) is 0 Å². The Morgan fingerprint density at radius 3 is 2.79 bits per heavy atom. The molecule has 0 spiro atoms. The van der Waals surface area contributed by atoms with Crippen LogP contribution in [0.5, 0.6) is 0 Å². The summed E-state index contributed by atoms with van der Waals surface area (Å²) in [7, 11) is 0. The topological polar surface area (TPSA) is 35.6 Å². The molecule has 1 fully saturated rings. The Labute approximate surface area is 114 Å². The van der Waals surface area contributed by atoms with Crippen molar-refractivity contribution in [3.05, 3.63) is 24.3 Å². The van der Waals surface area contributed by atoms with Crippen molar-refractivity contribution in [2.24, 2.45) is 0 Å². The van der Waals surface area contributed by atoms with Crippen LogP contribution >= 0.6 is 0 Å². The summed E-state index contributed by atoms with van der Waals surface area (Å²) in [6.07, 6.45) is 5.09. The SMILES string of the molecule is CC(=O)NN1CC2CCCCCN2c2ccccc21. The molecular weight excluding hydrogens is 238 g/mol. The molecule has 1 amide bonds. The van der Waals surface area contributed by atoms with Gasteiger partial charge in [0.2, 0.25) is 5.91 Å². The van der Waals surface area contributed by atoms with E-state index < -0.39 is 0 Å². The molecule has 1 aromatic carbocycles. The van der Waals surface area contributed by atoms with Gasteiger partial charge in [-0.05, 0) is 25.0 Å². The van der Waals surface area contributed by atoms with Gasteiger partial charge in [0.1, 0.15) is 0 Å². The first kappa shape index (κ1) is 12.3. The maximum Gasteiger partial charge on any atom is 0.235 e. The van der Waals surface area contributed by atoms with Gasteiger partial charge in [-0.3, -0.25) is 15.2 Å². The molecule has 0 saturated carbocycles. The Balaban J connectivity index is 1.96. The van der Waals surface area contributed by atoms with Gasteiger partial charge in [-0.25, -0.2) is 0 Å². The zero-order valence-electron chi connectivity index (χ0n) is 11.4. The number of anilines is 2. The Kier molecular flexibility index (Phi) is 3.32. The van der Waals surface area contributed by atoms with Gasteiger partial charge < -0.3 is 4.90 Å². The van der Waals surface area contributed by atoms with Crippen LogP contribution in [-0.4, -0.2) is 25.0 Å². The van der Waals surface area contributed by atoms with Crippen molar-refractivity contribution in [2.45, 2.75) is 38.6 Å². The lowest BCUT2D eigenvalue weighted by Gasteiger charge is -2.43. The van der Waals surface area contributed by atoms with E-state index >= 15 is 0 Å². The summed E-state index contributed by atoms with van der Waals surface area (Å²) in [5.41, 5.74) is 5.34. The maximum atomic E-state index is 11.4. The average molecular weight is 259 g/mol. The summed E-state index contributed by atoms with van der Waals surface area (Å²) < 4.78 is 0. The number of carbonyl (C=O) groups excluding carboxylic acids is 1. The first-order valence-electron chi connectivity index (χ1n) is 7.16. The number of para-hydroxylation sites is 2. The quantitative estimate of drug-likeness (QED) is 0.840. The highest BCUT2D eigenvalue weighted by Crippen LogP contribution is 2.36. The van der Waals surface area contributed by atoms with Gasteiger partial charge in [-0.2, -0.15) is 0 Å². The van der Waals surface area contributed by atoms with Crippen molar-refractivity contribution in [3.63, 3.8) is 0 Å². The molecule has 3 rings (SSSR count). The average Bonchev–Trinajstić information content (AvgIpc) is 2.63. The third-order valence-corrected chi connectivity index (χ3v) is 4.04. The van der Waals surface area contributed by atoms with Crippen LogP contribution in [0, 0.1) is 0 Å². The van der Waals surface area contributed by atoms with Gasteiger partial charge in [0.15, 0.2) is 0 Å². The Morgan fingerprint density at radius 1 is 1.21 bits per heavy atom. The van der Waals surface area contributed by atoms with E-state index in [0.717, 1.165) is 18.8 Å². The fourth-order valence-electron chi connectivity index (χ4n) is 3.22. The third-order valence-electron chi connectivity index (χ3n) is 4.04. The lowest BCUT2D eigenvalue weighted by atomic mass is 10.1. The number of nitrogens with zero attached hydrogens (tertiary/aromatic N) is 2. The molecule has 4 nitrogen and oxygen atoms in total. The number of nitrogens with one attached hydrogen (secondary N) is 1. The molecule has 19 heavy (non-hydrogen) atoms. The monoisotopic (exact) mass is 259 g/mol. The Morgan fingerprint density at radius 2 is 2.00 bits per heavy atom. The van der Waals surface area contributed by atoms with Crippen LogP contribution in [0.15, 0.2) is 24.3 Å². The van der Waals surface area contributed by atoms with E-state index in [1.54, 1.807) is 6.92 Å². The van der Waals surface area contributed by atoms with E-state index in [9.17, 15) is 4.79 Å². The number of fused-ring (bicyclic) bond motifs is 3. The highest BCUT2D eigenvalue weighted by atomic mass is 16.2. The largest absolute Gasteiger partial charge is 0.365 e. The van der Waals surface area contributed by atoms with Crippen LogP contribution in [0.2, 0.25) is 0 Å². The summed E-state index contributed by atoms with van der Waals surface area (Å²) >= 11 is 0. The molecule has 0 aromatic heterocycles. The number of carbonyl (C=O) groups is 1. The number of hydrogen-bond donors (Lipinski definition) is 1. The van der Waals surface area contributed by atoms with Gasteiger partial charge >= 0.3 is 0 Å². The zero-order valence-corrected chi connectivity index (χ0v) is 11.4. The predicted octanol–water partition coefficient (Wildman–Crippen LogP) is 2.31. The number of amides is 1. The van der Waals surface area contributed by atoms with E-state index in [1.165, 1.54) is 31.4 Å². The maximum absolute atomic E-state index is 11.4. The molecule has 1 saturated heterocycles. The number of hydrazine groups is 1. The van der Waals surface area contributed by atoms with Crippen molar-refractivity contribution in [2.75, 3.05) is 23.0 Å². The normalized spacial score (nSPS) is 22.3. The van der Waals surface area contributed by atoms with Gasteiger partial charge in [0.05, 0.1) is 17.9 Å². The molecule has 2 aliphatic heterocycles. The first-order chi connectivity index (χ1) is 9.25. The number of rotatable bonds is 1. The molecule has 0 aliphatic carbocycles. The molecule has 1 unspecified atom stereocenters. The molecule has 102 valence electrons. The van der Waals surface area contributed by atoms with E-state index in [-0.39, 0.29) is 5.91 Å². The van der Waals surface area contributed by atoms with Crippen molar-refractivity contribution >= 4 is 17.3 Å². The van der Waals surface area contributed by atoms with E-state index in [2.05, 4.69) is 28.5 Å². The minimum absolute atomic E-state index is 0.00289. The van der Waals surface area contributed by atoms with Crippen LogP contribution < -0.4 is 15.3 Å². The number of benzene rings is 1.